The molecule has 0 spiro atoms. The van der Waals surface area contributed by atoms with Gasteiger partial charge in [-0.25, -0.2) is 9.97 Å². The molecule has 4 heteroatoms. The molecule has 4 nitrogen and oxygen atoms in total. The van der Waals surface area contributed by atoms with Crippen LogP contribution < -0.4 is 10.2 Å². The largest absolute Gasteiger partial charge is 0.370 e. The summed E-state index contributed by atoms with van der Waals surface area (Å²) >= 11 is 0. The Balaban J connectivity index is 1.67. The van der Waals surface area contributed by atoms with E-state index in [4.69, 9.17) is 4.98 Å². The van der Waals surface area contributed by atoms with Gasteiger partial charge in [-0.05, 0) is 44.6 Å². The number of anilines is 2. The topological polar surface area (TPSA) is 41.0 Å². The van der Waals surface area contributed by atoms with Crippen molar-refractivity contribution < 1.29 is 0 Å². The Kier molecular flexibility index (Phi) is 5.68. The maximum Gasteiger partial charge on any atom is 0.134 e. The van der Waals surface area contributed by atoms with Gasteiger partial charge in [-0.2, -0.15) is 0 Å². The minimum Gasteiger partial charge on any atom is -0.370 e. The van der Waals surface area contributed by atoms with Crippen LogP contribution in [0.1, 0.15) is 44.0 Å². The third-order valence-corrected chi connectivity index (χ3v) is 4.78. The Morgan fingerprint density at radius 3 is 2.79 bits per heavy atom. The van der Waals surface area contributed by atoms with Crippen molar-refractivity contribution in [2.75, 3.05) is 23.3 Å². The zero-order valence-corrected chi connectivity index (χ0v) is 14.8. The second-order valence-corrected chi connectivity index (χ2v) is 6.57. The number of piperidine rings is 1. The van der Waals surface area contributed by atoms with Crippen LogP contribution >= 0.6 is 0 Å². The fourth-order valence-corrected chi connectivity index (χ4v) is 3.50. The third-order valence-electron chi connectivity index (χ3n) is 4.78. The lowest BCUT2D eigenvalue weighted by Crippen LogP contribution is -2.39. The molecule has 24 heavy (non-hydrogen) atoms. The highest BCUT2D eigenvalue weighted by molar-refractivity contribution is 5.50. The first kappa shape index (κ1) is 16.7. The van der Waals surface area contributed by atoms with Crippen LogP contribution in [-0.2, 0) is 6.42 Å². The van der Waals surface area contributed by atoms with E-state index in [1.54, 1.807) is 0 Å². The summed E-state index contributed by atoms with van der Waals surface area (Å²) < 4.78 is 0. The maximum atomic E-state index is 4.70. The summed E-state index contributed by atoms with van der Waals surface area (Å²) in [6.45, 7) is 6.25. The normalized spacial score (nSPS) is 17.8. The van der Waals surface area contributed by atoms with Gasteiger partial charge >= 0.3 is 0 Å². The number of hydrogen-bond donors (Lipinski definition) is 1. The molecule has 1 aliphatic heterocycles. The average molecular weight is 324 g/mol. The SMILES string of the molecule is CCC1CCCCN1c1cc(NCCc2ccccc2)nc(C)n1. The van der Waals surface area contributed by atoms with Gasteiger partial charge in [0.05, 0.1) is 0 Å². The second-order valence-electron chi connectivity index (χ2n) is 6.57. The number of nitrogens with one attached hydrogen (secondary N) is 1. The number of hydrogen-bond acceptors (Lipinski definition) is 4. The summed E-state index contributed by atoms with van der Waals surface area (Å²) in [5.41, 5.74) is 1.35. The smallest absolute Gasteiger partial charge is 0.134 e. The molecule has 0 saturated carbocycles. The Morgan fingerprint density at radius 2 is 2.00 bits per heavy atom. The van der Waals surface area contributed by atoms with E-state index in [0.29, 0.717) is 6.04 Å². The monoisotopic (exact) mass is 324 g/mol. The lowest BCUT2D eigenvalue weighted by Gasteiger charge is -2.36. The molecule has 2 aromatic rings. The van der Waals surface area contributed by atoms with Gasteiger partial charge in [0.1, 0.15) is 17.5 Å². The third kappa shape index (κ3) is 4.25. The van der Waals surface area contributed by atoms with Crippen molar-refractivity contribution >= 4 is 11.6 Å². The molecule has 3 rings (SSSR count). The van der Waals surface area contributed by atoms with Crippen molar-refractivity contribution in [3.63, 3.8) is 0 Å². The standard InChI is InChI=1S/C20H28N4/c1-3-18-11-7-8-14-24(18)20-15-19(22-16(2)23-20)21-13-12-17-9-5-4-6-10-17/h4-6,9-10,15,18H,3,7-8,11-14H2,1-2H3,(H,21,22,23). The lowest BCUT2D eigenvalue weighted by molar-refractivity contribution is 0.446. The van der Waals surface area contributed by atoms with E-state index in [-0.39, 0.29) is 0 Å². The van der Waals surface area contributed by atoms with Crippen molar-refractivity contribution in [1.82, 2.24) is 9.97 Å². The van der Waals surface area contributed by atoms with Gasteiger partial charge in [-0.1, -0.05) is 37.3 Å². The molecule has 1 N–H and O–H groups in total. The fraction of sp³-hybridized carbons (Fsp3) is 0.500. The van der Waals surface area contributed by atoms with Crippen molar-refractivity contribution in [1.29, 1.82) is 0 Å². The lowest BCUT2D eigenvalue weighted by atomic mass is 10.00. The highest BCUT2D eigenvalue weighted by Gasteiger charge is 2.22. The van der Waals surface area contributed by atoms with Crippen molar-refractivity contribution in [2.45, 2.75) is 52.0 Å². The highest BCUT2D eigenvalue weighted by Crippen LogP contribution is 2.26. The summed E-state index contributed by atoms with van der Waals surface area (Å²) in [4.78, 5) is 11.7. The van der Waals surface area contributed by atoms with Crippen molar-refractivity contribution in [3.05, 3.63) is 47.8 Å². The van der Waals surface area contributed by atoms with E-state index in [2.05, 4.69) is 58.5 Å². The predicted molar refractivity (Wildman–Crippen MR) is 101 cm³/mol. The first-order chi connectivity index (χ1) is 11.8. The average Bonchev–Trinajstić information content (AvgIpc) is 2.62. The zero-order chi connectivity index (χ0) is 16.8. The molecule has 1 fully saturated rings. The van der Waals surface area contributed by atoms with E-state index in [1.807, 2.05) is 6.92 Å². The van der Waals surface area contributed by atoms with Gasteiger partial charge in [-0.3, -0.25) is 0 Å². The van der Waals surface area contributed by atoms with Gasteiger partial charge in [0.25, 0.3) is 0 Å². The van der Waals surface area contributed by atoms with Crippen LogP contribution in [0.3, 0.4) is 0 Å². The molecular weight excluding hydrogens is 296 g/mol. The zero-order valence-electron chi connectivity index (χ0n) is 14.8. The molecule has 0 radical (unpaired) electrons. The molecule has 1 aromatic carbocycles. The van der Waals surface area contributed by atoms with Crippen LogP contribution in [0.25, 0.3) is 0 Å². The number of rotatable bonds is 6. The van der Waals surface area contributed by atoms with Crippen LogP contribution in [0.15, 0.2) is 36.4 Å². The van der Waals surface area contributed by atoms with Crippen LogP contribution in [0.2, 0.25) is 0 Å². The minimum atomic E-state index is 0.616. The first-order valence-corrected chi connectivity index (χ1v) is 9.16. The van der Waals surface area contributed by atoms with Gasteiger partial charge in [0, 0.05) is 25.2 Å². The van der Waals surface area contributed by atoms with Gasteiger partial charge in [0.2, 0.25) is 0 Å². The van der Waals surface area contributed by atoms with Gasteiger partial charge in [-0.15, -0.1) is 0 Å². The van der Waals surface area contributed by atoms with Crippen molar-refractivity contribution in [2.24, 2.45) is 0 Å². The number of benzene rings is 1. The molecule has 1 unspecified atom stereocenters. The van der Waals surface area contributed by atoms with E-state index >= 15 is 0 Å². The Bertz CT molecular complexity index is 641. The summed E-state index contributed by atoms with van der Waals surface area (Å²) in [5.74, 6) is 2.86. The fourth-order valence-electron chi connectivity index (χ4n) is 3.50. The molecule has 1 saturated heterocycles. The molecule has 0 bridgehead atoms. The molecule has 1 aromatic heterocycles. The molecular formula is C20H28N4. The molecule has 1 atom stereocenters. The molecule has 128 valence electrons. The number of aromatic nitrogens is 2. The molecule has 2 heterocycles. The molecule has 0 amide bonds. The Labute approximate surface area is 145 Å². The van der Waals surface area contributed by atoms with Crippen LogP contribution in [0, 0.1) is 6.92 Å². The minimum absolute atomic E-state index is 0.616. The van der Waals surface area contributed by atoms with E-state index in [9.17, 15) is 0 Å². The quantitative estimate of drug-likeness (QED) is 0.864. The van der Waals surface area contributed by atoms with Gasteiger partial charge in [0.15, 0.2) is 0 Å². The number of nitrogens with zero attached hydrogens (tertiary/aromatic N) is 3. The molecule has 0 aliphatic carbocycles. The first-order valence-electron chi connectivity index (χ1n) is 9.16. The van der Waals surface area contributed by atoms with Crippen LogP contribution in [0.5, 0.6) is 0 Å². The Morgan fingerprint density at radius 1 is 1.17 bits per heavy atom. The van der Waals surface area contributed by atoms with Gasteiger partial charge < -0.3 is 10.2 Å². The van der Waals surface area contributed by atoms with E-state index in [1.165, 1.54) is 31.2 Å². The highest BCUT2D eigenvalue weighted by atomic mass is 15.2. The summed E-state index contributed by atoms with van der Waals surface area (Å²) in [5, 5.41) is 3.47. The predicted octanol–water partition coefficient (Wildman–Crippen LogP) is 4.21. The van der Waals surface area contributed by atoms with E-state index in [0.717, 1.165) is 37.0 Å². The van der Waals surface area contributed by atoms with Crippen LogP contribution in [0.4, 0.5) is 11.6 Å². The summed E-state index contributed by atoms with van der Waals surface area (Å²) in [6.07, 6.45) is 6.05. The van der Waals surface area contributed by atoms with Crippen molar-refractivity contribution in [3.8, 4) is 0 Å². The Hall–Kier alpha value is -2.10. The van der Waals surface area contributed by atoms with E-state index < -0.39 is 0 Å². The maximum absolute atomic E-state index is 4.70. The summed E-state index contributed by atoms with van der Waals surface area (Å²) in [7, 11) is 0. The number of aryl methyl sites for hydroxylation is 1. The second kappa shape index (κ2) is 8.13. The molecule has 1 aliphatic rings. The summed E-state index contributed by atoms with van der Waals surface area (Å²) in [6, 6.07) is 13.3. The van der Waals surface area contributed by atoms with Crippen LogP contribution in [-0.4, -0.2) is 29.1 Å².